The van der Waals surface area contributed by atoms with Crippen molar-refractivity contribution in [2.24, 2.45) is 0 Å². The molecular formula is C15H22Cl2N2. The van der Waals surface area contributed by atoms with E-state index in [2.05, 4.69) is 37.1 Å². The topological polar surface area (TPSA) is 15.3 Å². The van der Waals surface area contributed by atoms with Gasteiger partial charge in [-0.15, -0.1) is 0 Å². The molecule has 1 aromatic carbocycles. The van der Waals surface area contributed by atoms with Crippen LogP contribution >= 0.6 is 23.2 Å². The quantitative estimate of drug-likeness (QED) is 0.893. The Labute approximate surface area is 126 Å². The fraction of sp³-hybridized carbons (Fsp3) is 0.600. The molecule has 2 nitrogen and oxygen atoms in total. The van der Waals surface area contributed by atoms with Crippen molar-refractivity contribution in [2.75, 3.05) is 18.0 Å². The molecule has 1 unspecified atom stereocenters. The second-order valence-corrected chi connectivity index (χ2v) is 6.20. The van der Waals surface area contributed by atoms with E-state index < -0.39 is 0 Å². The lowest BCUT2D eigenvalue weighted by atomic mass is 9.88. The highest BCUT2D eigenvalue weighted by Crippen LogP contribution is 2.36. The number of rotatable bonds is 3. The van der Waals surface area contributed by atoms with Gasteiger partial charge in [-0.25, -0.2) is 0 Å². The Balaban J connectivity index is 2.34. The van der Waals surface area contributed by atoms with Gasteiger partial charge in [-0.05, 0) is 31.9 Å². The average molecular weight is 301 g/mol. The molecule has 106 valence electrons. The van der Waals surface area contributed by atoms with Crippen LogP contribution in [0.5, 0.6) is 0 Å². The molecular weight excluding hydrogens is 279 g/mol. The SMILES string of the molecule is CCC1(CC)CN(c2cccc(Cl)c2Cl)C(C)CN1. The van der Waals surface area contributed by atoms with Gasteiger partial charge in [0, 0.05) is 24.7 Å². The summed E-state index contributed by atoms with van der Waals surface area (Å²) in [7, 11) is 0. The van der Waals surface area contributed by atoms with E-state index in [1.165, 1.54) is 0 Å². The fourth-order valence-electron chi connectivity index (χ4n) is 2.77. The first-order valence-corrected chi connectivity index (χ1v) is 7.74. The minimum absolute atomic E-state index is 0.179. The molecule has 0 radical (unpaired) electrons. The fourth-order valence-corrected chi connectivity index (χ4v) is 3.18. The van der Waals surface area contributed by atoms with Gasteiger partial charge in [0.1, 0.15) is 0 Å². The van der Waals surface area contributed by atoms with Crippen molar-refractivity contribution in [1.82, 2.24) is 5.32 Å². The monoisotopic (exact) mass is 300 g/mol. The molecule has 2 rings (SSSR count). The summed E-state index contributed by atoms with van der Waals surface area (Å²) >= 11 is 12.5. The maximum Gasteiger partial charge on any atom is 0.0825 e. The number of anilines is 1. The van der Waals surface area contributed by atoms with E-state index in [1.54, 1.807) is 0 Å². The molecule has 1 saturated heterocycles. The molecule has 0 amide bonds. The first kappa shape index (κ1) is 15.0. The van der Waals surface area contributed by atoms with Crippen molar-refractivity contribution in [2.45, 2.75) is 45.2 Å². The van der Waals surface area contributed by atoms with E-state index in [0.717, 1.165) is 31.6 Å². The molecule has 1 aliphatic rings. The summed E-state index contributed by atoms with van der Waals surface area (Å²) < 4.78 is 0. The van der Waals surface area contributed by atoms with Gasteiger partial charge in [0.05, 0.1) is 15.7 Å². The smallest absolute Gasteiger partial charge is 0.0825 e. The third-order valence-electron chi connectivity index (χ3n) is 4.37. The number of piperazine rings is 1. The van der Waals surface area contributed by atoms with E-state index in [1.807, 2.05) is 12.1 Å². The van der Waals surface area contributed by atoms with Crippen LogP contribution in [0.3, 0.4) is 0 Å². The lowest BCUT2D eigenvalue weighted by Crippen LogP contribution is -2.63. The summed E-state index contributed by atoms with van der Waals surface area (Å²) in [6.45, 7) is 8.65. The maximum atomic E-state index is 6.38. The molecule has 0 spiro atoms. The molecule has 0 aromatic heterocycles. The number of halogens is 2. The van der Waals surface area contributed by atoms with Crippen LogP contribution < -0.4 is 10.2 Å². The van der Waals surface area contributed by atoms with Crippen LogP contribution in [0.4, 0.5) is 5.69 Å². The van der Waals surface area contributed by atoms with Gasteiger partial charge >= 0.3 is 0 Å². The van der Waals surface area contributed by atoms with E-state index in [-0.39, 0.29) is 5.54 Å². The number of nitrogens with one attached hydrogen (secondary N) is 1. The van der Waals surface area contributed by atoms with Crippen molar-refractivity contribution in [1.29, 1.82) is 0 Å². The second kappa shape index (κ2) is 5.90. The highest BCUT2D eigenvalue weighted by Gasteiger charge is 2.35. The van der Waals surface area contributed by atoms with E-state index in [9.17, 15) is 0 Å². The predicted octanol–water partition coefficient (Wildman–Crippen LogP) is 4.35. The summed E-state index contributed by atoms with van der Waals surface area (Å²) in [4.78, 5) is 2.39. The van der Waals surface area contributed by atoms with Crippen LogP contribution in [-0.4, -0.2) is 24.7 Å². The van der Waals surface area contributed by atoms with Gasteiger partial charge in [-0.3, -0.25) is 0 Å². The summed E-state index contributed by atoms with van der Waals surface area (Å²) in [5.41, 5.74) is 1.23. The minimum atomic E-state index is 0.179. The third-order valence-corrected chi connectivity index (χ3v) is 5.18. The van der Waals surface area contributed by atoms with Gasteiger partial charge in [-0.2, -0.15) is 0 Å². The Kier molecular flexibility index (Phi) is 4.65. The zero-order valence-corrected chi connectivity index (χ0v) is 13.4. The summed E-state index contributed by atoms with van der Waals surface area (Å²) in [6, 6.07) is 6.29. The third kappa shape index (κ3) is 2.86. The molecule has 1 N–H and O–H groups in total. The standard InChI is InChI=1S/C15H22Cl2N2/c1-4-15(5-2)10-19(11(3)9-18-15)13-8-6-7-12(16)14(13)17/h6-8,11,18H,4-5,9-10H2,1-3H3. The highest BCUT2D eigenvalue weighted by atomic mass is 35.5. The first-order valence-electron chi connectivity index (χ1n) is 6.98. The zero-order chi connectivity index (χ0) is 14.0. The molecule has 1 fully saturated rings. The summed E-state index contributed by atoms with van der Waals surface area (Å²) in [5.74, 6) is 0. The predicted molar refractivity (Wildman–Crippen MR) is 84.6 cm³/mol. The molecule has 0 saturated carbocycles. The van der Waals surface area contributed by atoms with Gasteiger partial charge in [0.15, 0.2) is 0 Å². The molecule has 0 bridgehead atoms. The summed E-state index contributed by atoms with van der Waals surface area (Å²) in [6.07, 6.45) is 2.23. The van der Waals surface area contributed by atoms with Crippen LogP contribution in [0.15, 0.2) is 18.2 Å². The van der Waals surface area contributed by atoms with Gasteiger partial charge < -0.3 is 10.2 Å². The Hall–Kier alpha value is -0.440. The Morgan fingerprint density at radius 1 is 1.32 bits per heavy atom. The lowest BCUT2D eigenvalue weighted by molar-refractivity contribution is 0.254. The van der Waals surface area contributed by atoms with Gasteiger partial charge in [-0.1, -0.05) is 43.1 Å². The molecule has 1 heterocycles. The molecule has 4 heteroatoms. The van der Waals surface area contributed by atoms with E-state index in [4.69, 9.17) is 23.2 Å². The van der Waals surface area contributed by atoms with Gasteiger partial charge in [0.2, 0.25) is 0 Å². The van der Waals surface area contributed by atoms with Crippen LogP contribution in [-0.2, 0) is 0 Å². The van der Waals surface area contributed by atoms with Crippen LogP contribution in [0, 0.1) is 0 Å². The average Bonchev–Trinajstić information content (AvgIpc) is 2.43. The van der Waals surface area contributed by atoms with Crippen molar-refractivity contribution in [3.63, 3.8) is 0 Å². The van der Waals surface area contributed by atoms with Crippen molar-refractivity contribution in [3.8, 4) is 0 Å². The second-order valence-electron chi connectivity index (χ2n) is 5.42. The minimum Gasteiger partial charge on any atom is -0.364 e. The Morgan fingerprint density at radius 3 is 2.63 bits per heavy atom. The molecule has 0 aliphatic carbocycles. The molecule has 1 aliphatic heterocycles. The molecule has 1 atom stereocenters. The van der Waals surface area contributed by atoms with Crippen molar-refractivity contribution >= 4 is 28.9 Å². The number of benzene rings is 1. The van der Waals surface area contributed by atoms with Gasteiger partial charge in [0.25, 0.3) is 0 Å². The number of hydrogen-bond acceptors (Lipinski definition) is 2. The zero-order valence-electron chi connectivity index (χ0n) is 11.8. The Morgan fingerprint density at radius 2 is 2.00 bits per heavy atom. The highest BCUT2D eigenvalue weighted by molar-refractivity contribution is 6.43. The number of hydrogen-bond donors (Lipinski definition) is 1. The Bertz CT molecular complexity index is 444. The number of nitrogens with zero attached hydrogens (tertiary/aromatic N) is 1. The van der Waals surface area contributed by atoms with E-state index in [0.29, 0.717) is 16.1 Å². The summed E-state index contributed by atoms with van der Waals surface area (Å²) in [5, 5.41) is 4.99. The van der Waals surface area contributed by atoms with Crippen LogP contribution in [0.2, 0.25) is 10.0 Å². The molecule has 1 aromatic rings. The maximum absolute atomic E-state index is 6.38. The van der Waals surface area contributed by atoms with Crippen molar-refractivity contribution < 1.29 is 0 Å². The van der Waals surface area contributed by atoms with E-state index >= 15 is 0 Å². The lowest BCUT2D eigenvalue weighted by Gasteiger charge is -2.48. The first-order chi connectivity index (χ1) is 9.03. The van der Waals surface area contributed by atoms with Crippen molar-refractivity contribution in [3.05, 3.63) is 28.2 Å². The largest absolute Gasteiger partial charge is 0.364 e. The molecule has 19 heavy (non-hydrogen) atoms. The van der Waals surface area contributed by atoms with Crippen LogP contribution in [0.1, 0.15) is 33.6 Å². The normalized spacial score (nSPS) is 22.6. The van der Waals surface area contributed by atoms with Crippen LogP contribution in [0.25, 0.3) is 0 Å².